The van der Waals surface area contributed by atoms with E-state index in [4.69, 9.17) is 0 Å². The molecule has 0 fully saturated rings. The molecule has 0 aliphatic heterocycles. The zero-order valence-corrected chi connectivity index (χ0v) is 13.2. The van der Waals surface area contributed by atoms with Crippen LogP contribution in [0.5, 0.6) is 0 Å². The molecule has 0 bridgehead atoms. The van der Waals surface area contributed by atoms with Crippen LogP contribution in [0.25, 0.3) is 0 Å². The molecule has 116 valence electrons. The Bertz CT molecular complexity index is 498. The Labute approximate surface area is 126 Å². The first kappa shape index (κ1) is 17.0. The van der Waals surface area contributed by atoms with Crippen molar-refractivity contribution in [3.8, 4) is 0 Å². The minimum absolute atomic E-state index is 0.00887. The van der Waals surface area contributed by atoms with Gasteiger partial charge in [0.05, 0.1) is 12.1 Å². The molecule has 0 aliphatic carbocycles. The molecule has 0 radical (unpaired) electrons. The highest BCUT2D eigenvalue weighted by Crippen LogP contribution is 2.17. The van der Waals surface area contributed by atoms with Crippen LogP contribution in [0.3, 0.4) is 0 Å². The number of anilines is 1. The van der Waals surface area contributed by atoms with E-state index in [0.29, 0.717) is 18.0 Å². The van der Waals surface area contributed by atoms with Crippen LogP contribution in [0.15, 0.2) is 18.2 Å². The van der Waals surface area contributed by atoms with Gasteiger partial charge in [0.25, 0.3) is 5.91 Å². The Morgan fingerprint density at radius 2 is 1.90 bits per heavy atom. The van der Waals surface area contributed by atoms with Gasteiger partial charge in [-0.05, 0) is 31.9 Å². The van der Waals surface area contributed by atoms with Gasteiger partial charge < -0.3 is 16.0 Å². The highest BCUT2D eigenvalue weighted by Gasteiger charge is 2.12. The fourth-order valence-electron chi connectivity index (χ4n) is 1.83. The number of nitrogens with one attached hydrogen (secondary N) is 3. The fourth-order valence-corrected chi connectivity index (χ4v) is 1.83. The topological polar surface area (TPSA) is 70.2 Å². The van der Waals surface area contributed by atoms with Gasteiger partial charge in [0.1, 0.15) is 0 Å². The number of hydrogen-bond acceptors (Lipinski definition) is 3. The van der Waals surface area contributed by atoms with Gasteiger partial charge in [-0.3, -0.25) is 9.59 Å². The average molecular weight is 291 g/mol. The maximum Gasteiger partial charge on any atom is 0.253 e. The molecule has 0 saturated carbocycles. The summed E-state index contributed by atoms with van der Waals surface area (Å²) in [7, 11) is 0. The first-order valence-electron chi connectivity index (χ1n) is 7.33. The van der Waals surface area contributed by atoms with E-state index < -0.39 is 0 Å². The Balaban J connectivity index is 2.63. The Kier molecular flexibility index (Phi) is 6.72. The van der Waals surface area contributed by atoms with Crippen LogP contribution in [0.4, 0.5) is 5.69 Å². The second-order valence-corrected chi connectivity index (χ2v) is 5.46. The first-order chi connectivity index (χ1) is 9.93. The van der Waals surface area contributed by atoms with Crippen LogP contribution in [0.1, 0.15) is 36.7 Å². The number of amides is 2. The summed E-state index contributed by atoms with van der Waals surface area (Å²) in [6.45, 7) is 9.29. The van der Waals surface area contributed by atoms with Crippen LogP contribution in [0.2, 0.25) is 0 Å². The lowest BCUT2D eigenvalue weighted by atomic mass is 10.1. The third-order valence-corrected chi connectivity index (χ3v) is 2.90. The van der Waals surface area contributed by atoms with Gasteiger partial charge in [-0.25, -0.2) is 0 Å². The molecule has 5 heteroatoms. The summed E-state index contributed by atoms with van der Waals surface area (Å²) < 4.78 is 0. The summed E-state index contributed by atoms with van der Waals surface area (Å²) in [5, 5.41) is 8.58. The summed E-state index contributed by atoms with van der Waals surface area (Å²) in [5.74, 6) is -0.0224. The molecule has 0 atom stereocenters. The zero-order chi connectivity index (χ0) is 15.8. The van der Waals surface area contributed by atoms with E-state index in [-0.39, 0.29) is 18.4 Å². The average Bonchev–Trinajstić information content (AvgIpc) is 2.44. The summed E-state index contributed by atoms with van der Waals surface area (Å²) in [5.41, 5.74) is 2.35. The van der Waals surface area contributed by atoms with E-state index in [2.05, 4.69) is 16.0 Å². The van der Waals surface area contributed by atoms with Crippen molar-refractivity contribution in [3.63, 3.8) is 0 Å². The smallest absolute Gasteiger partial charge is 0.253 e. The molecule has 0 saturated heterocycles. The normalized spacial score (nSPS) is 10.3. The third kappa shape index (κ3) is 5.85. The number of hydrogen-bond donors (Lipinski definition) is 3. The summed E-state index contributed by atoms with van der Waals surface area (Å²) in [6.07, 6.45) is 0. The minimum atomic E-state index is -0.241. The van der Waals surface area contributed by atoms with Gasteiger partial charge in [-0.15, -0.1) is 0 Å². The fraction of sp³-hybridized carbons (Fsp3) is 0.500. The quantitative estimate of drug-likeness (QED) is 0.719. The Hall–Kier alpha value is -2.04. The maximum atomic E-state index is 12.2. The number of benzene rings is 1. The van der Waals surface area contributed by atoms with Crippen molar-refractivity contribution in [2.75, 3.05) is 25.0 Å². The van der Waals surface area contributed by atoms with Gasteiger partial charge in [-0.1, -0.05) is 25.5 Å². The van der Waals surface area contributed by atoms with Crippen molar-refractivity contribution in [2.45, 2.75) is 27.7 Å². The van der Waals surface area contributed by atoms with E-state index in [9.17, 15) is 9.59 Å². The molecule has 1 aromatic carbocycles. The van der Waals surface area contributed by atoms with Gasteiger partial charge in [0.2, 0.25) is 5.91 Å². The van der Waals surface area contributed by atoms with Gasteiger partial charge in [-0.2, -0.15) is 0 Å². The van der Waals surface area contributed by atoms with Gasteiger partial charge >= 0.3 is 0 Å². The van der Waals surface area contributed by atoms with Crippen LogP contribution in [-0.4, -0.2) is 31.4 Å². The van der Waals surface area contributed by atoms with Crippen molar-refractivity contribution in [1.29, 1.82) is 0 Å². The number of aryl methyl sites for hydroxylation is 1. The van der Waals surface area contributed by atoms with Crippen LogP contribution >= 0.6 is 0 Å². The molecule has 0 spiro atoms. The third-order valence-electron chi connectivity index (χ3n) is 2.90. The van der Waals surface area contributed by atoms with Crippen LogP contribution in [-0.2, 0) is 4.79 Å². The van der Waals surface area contributed by atoms with E-state index in [1.54, 1.807) is 0 Å². The molecule has 0 aromatic heterocycles. The van der Waals surface area contributed by atoms with Crippen molar-refractivity contribution >= 4 is 17.5 Å². The van der Waals surface area contributed by atoms with Crippen LogP contribution in [0, 0.1) is 12.8 Å². The highest BCUT2D eigenvalue weighted by atomic mass is 16.2. The molecule has 1 rings (SSSR count). The van der Waals surface area contributed by atoms with Gasteiger partial charge in [0.15, 0.2) is 0 Å². The number of rotatable bonds is 7. The maximum absolute atomic E-state index is 12.2. The molecular formula is C16H25N3O2. The van der Waals surface area contributed by atoms with Crippen molar-refractivity contribution in [3.05, 3.63) is 29.3 Å². The van der Waals surface area contributed by atoms with Crippen LogP contribution < -0.4 is 16.0 Å². The SMILES string of the molecule is CCNc1ccc(C)cc1C(=O)NCC(=O)NCC(C)C. The molecule has 3 N–H and O–H groups in total. The molecule has 2 amide bonds. The molecule has 0 aliphatic rings. The molecule has 0 heterocycles. The molecule has 5 nitrogen and oxygen atoms in total. The summed E-state index contributed by atoms with van der Waals surface area (Å²) >= 11 is 0. The molecule has 21 heavy (non-hydrogen) atoms. The monoisotopic (exact) mass is 291 g/mol. The summed E-state index contributed by atoms with van der Waals surface area (Å²) in [6, 6.07) is 5.65. The number of carbonyl (C=O) groups is 2. The second-order valence-electron chi connectivity index (χ2n) is 5.46. The predicted octanol–water partition coefficient (Wildman–Crippen LogP) is 1.93. The van der Waals surface area contributed by atoms with Crippen molar-refractivity contribution in [2.24, 2.45) is 5.92 Å². The lowest BCUT2D eigenvalue weighted by Crippen LogP contribution is -2.38. The van der Waals surface area contributed by atoms with Gasteiger partial charge in [0, 0.05) is 18.8 Å². The Morgan fingerprint density at radius 3 is 2.52 bits per heavy atom. The van der Waals surface area contributed by atoms with Crippen molar-refractivity contribution in [1.82, 2.24) is 10.6 Å². The predicted molar refractivity (Wildman–Crippen MR) is 85.5 cm³/mol. The lowest BCUT2D eigenvalue weighted by Gasteiger charge is -2.12. The minimum Gasteiger partial charge on any atom is -0.385 e. The largest absolute Gasteiger partial charge is 0.385 e. The second kappa shape index (κ2) is 8.29. The lowest BCUT2D eigenvalue weighted by molar-refractivity contribution is -0.120. The standard InChI is InChI=1S/C16H25N3O2/c1-5-17-14-7-6-12(4)8-13(14)16(21)19-10-15(20)18-9-11(2)3/h6-8,11,17H,5,9-10H2,1-4H3,(H,18,20)(H,19,21). The van der Waals surface area contributed by atoms with Crippen molar-refractivity contribution < 1.29 is 9.59 Å². The first-order valence-corrected chi connectivity index (χ1v) is 7.33. The van der Waals surface area contributed by atoms with E-state index >= 15 is 0 Å². The molecule has 0 unspecified atom stereocenters. The number of carbonyl (C=O) groups excluding carboxylic acids is 2. The molecular weight excluding hydrogens is 266 g/mol. The molecule has 1 aromatic rings. The van der Waals surface area contributed by atoms with E-state index in [1.807, 2.05) is 45.9 Å². The Morgan fingerprint density at radius 1 is 1.19 bits per heavy atom. The van der Waals surface area contributed by atoms with E-state index in [0.717, 1.165) is 17.8 Å². The summed E-state index contributed by atoms with van der Waals surface area (Å²) in [4.78, 5) is 23.8. The zero-order valence-electron chi connectivity index (χ0n) is 13.2. The highest BCUT2D eigenvalue weighted by molar-refractivity contribution is 6.01. The van der Waals surface area contributed by atoms with E-state index in [1.165, 1.54) is 0 Å².